The number of amides is 1. The van der Waals surface area contributed by atoms with Crippen LogP contribution in [0.3, 0.4) is 0 Å². The van der Waals surface area contributed by atoms with Crippen molar-refractivity contribution < 1.29 is 13.9 Å². The molecule has 170 valence electrons. The summed E-state index contributed by atoms with van der Waals surface area (Å²) in [5, 5.41) is 2.87. The summed E-state index contributed by atoms with van der Waals surface area (Å²) in [6, 6.07) is 12.9. The lowest BCUT2D eigenvalue weighted by atomic mass is 10.1. The summed E-state index contributed by atoms with van der Waals surface area (Å²) in [6.45, 7) is 4.05. The molecule has 5 aromatic rings. The molecule has 1 amide bonds. The van der Waals surface area contributed by atoms with Crippen molar-refractivity contribution in [3.05, 3.63) is 84.2 Å². The monoisotopic (exact) mass is 456 g/mol. The van der Waals surface area contributed by atoms with Gasteiger partial charge in [-0.2, -0.15) is 0 Å². The largest absolute Gasteiger partial charge is 0.473 e. The minimum atomic E-state index is -0.343. The first kappa shape index (κ1) is 21.4. The van der Waals surface area contributed by atoms with E-state index in [1.807, 2.05) is 32.3 Å². The van der Waals surface area contributed by atoms with Crippen LogP contribution < -0.4 is 10.1 Å². The van der Waals surface area contributed by atoms with Gasteiger partial charge < -0.3 is 10.1 Å². The summed E-state index contributed by atoms with van der Waals surface area (Å²) < 4.78 is 21.1. The third-order valence-corrected chi connectivity index (χ3v) is 5.07. The van der Waals surface area contributed by atoms with Crippen LogP contribution in [0.4, 0.5) is 4.39 Å². The molecular formula is C25H21FN6O2. The Bertz CT molecular complexity index is 1460. The van der Waals surface area contributed by atoms with Crippen LogP contribution >= 0.6 is 0 Å². The summed E-state index contributed by atoms with van der Waals surface area (Å²) in [4.78, 5) is 30.7. The standard InChI is InChI=1S/C25H21FN6O2/c1-15(2)34-24-22(16-4-7-18(26)8-5-16)30-21-12-17(6-9-20(21)31-24)23(33)28-13-19-14-32-11-3-10-27-25(32)29-19/h3-12,14-15H,13H2,1-2H3,(H,28,33). The molecule has 1 N–H and O–H groups in total. The number of hydrogen-bond donors (Lipinski definition) is 1. The zero-order valence-corrected chi connectivity index (χ0v) is 18.6. The van der Waals surface area contributed by atoms with Gasteiger partial charge in [-0.15, -0.1) is 0 Å². The molecule has 2 aromatic carbocycles. The Morgan fingerprint density at radius 3 is 2.68 bits per heavy atom. The number of imidazole rings is 1. The molecule has 0 saturated carbocycles. The SMILES string of the molecule is CC(C)Oc1nc2ccc(C(=O)NCc3cn4cccnc4n3)cc2nc1-c1ccc(F)cc1. The molecule has 0 bridgehead atoms. The van der Waals surface area contributed by atoms with Gasteiger partial charge in [0.05, 0.1) is 29.4 Å². The summed E-state index contributed by atoms with van der Waals surface area (Å²) >= 11 is 0. The molecule has 3 aromatic heterocycles. The lowest BCUT2D eigenvalue weighted by Gasteiger charge is -2.14. The van der Waals surface area contributed by atoms with E-state index in [0.29, 0.717) is 45.2 Å². The highest BCUT2D eigenvalue weighted by molar-refractivity contribution is 5.97. The minimum Gasteiger partial charge on any atom is -0.473 e. The van der Waals surface area contributed by atoms with E-state index in [0.717, 1.165) is 0 Å². The second-order valence-corrected chi connectivity index (χ2v) is 8.00. The maximum atomic E-state index is 13.4. The fourth-order valence-corrected chi connectivity index (χ4v) is 3.52. The number of fused-ring (bicyclic) bond motifs is 2. The molecule has 0 aliphatic carbocycles. The summed E-state index contributed by atoms with van der Waals surface area (Å²) in [7, 11) is 0. The van der Waals surface area contributed by atoms with Crippen molar-refractivity contribution in [2.45, 2.75) is 26.5 Å². The second kappa shape index (κ2) is 8.86. The van der Waals surface area contributed by atoms with E-state index in [9.17, 15) is 9.18 Å². The van der Waals surface area contributed by atoms with Crippen molar-refractivity contribution in [1.82, 2.24) is 29.7 Å². The Morgan fingerprint density at radius 1 is 1.09 bits per heavy atom. The van der Waals surface area contributed by atoms with Gasteiger partial charge in [-0.1, -0.05) is 0 Å². The Hall–Kier alpha value is -4.40. The molecule has 0 aliphatic heterocycles. The van der Waals surface area contributed by atoms with Crippen LogP contribution in [-0.2, 0) is 6.54 Å². The molecule has 34 heavy (non-hydrogen) atoms. The fourth-order valence-electron chi connectivity index (χ4n) is 3.52. The van der Waals surface area contributed by atoms with Crippen LogP contribution in [-0.4, -0.2) is 36.3 Å². The van der Waals surface area contributed by atoms with Gasteiger partial charge in [0.15, 0.2) is 0 Å². The van der Waals surface area contributed by atoms with Crippen LogP contribution in [0.2, 0.25) is 0 Å². The van der Waals surface area contributed by atoms with E-state index in [4.69, 9.17) is 9.72 Å². The van der Waals surface area contributed by atoms with Gasteiger partial charge in [-0.05, 0) is 62.4 Å². The first-order valence-electron chi connectivity index (χ1n) is 10.8. The average molecular weight is 456 g/mol. The predicted molar refractivity (Wildman–Crippen MR) is 125 cm³/mol. The Labute approximate surface area is 194 Å². The molecule has 0 unspecified atom stereocenters. The number of benzene rings is 2. The number of aromatic nitrogens is 5. The fraction of sp³-hybridized carbons (Fsp3) is 0.160. The zero-order chi connectivity index (χ0) is 23.7. The number of hydrogen-bond acceptors (Lipinski definition) is 6. The maximum absolute atomic E-state index is 13.4. The van der Waals surface area contributed by atoms with E-state index < -0.39 is 0 Å². The Balaban J connectivity index is 1.44. The van der Waals surface area contributed by atoms with Crippen LogP contribution in [0.15, 0.2) is 67.1 Å². The van der Waals surface area contributed by atoms with Crippen molar-refractivity contribution in [1.29, 1.82) is 0 Å². The van der Waals surface area contributed by atoms with Crippen LogP contribution in [0.1, 0.15) is 29.9 Å². The number of rotatable bonds is 6. The quantitative estimate of drug-likeness (QED) is 0.412. The van der Waals surface area contributed by atoms with Crippen LogP contribution in [0, 0.1) is 5.82 Å². The van der Waals surface area contributed by atoms with Gasteiger partial charge in [-0.3, -0.25) is 9.20 Å². The number of carbonyl (C=O) groups is 1. The minimum absolute atomic E-state index is 0.120. The number of nitrogens with one attached hydrogen (secondary N) is 1. The van der Waals surface area contributed by atoms with Crippen molar-refractivity contribution in [3.8, 4) is 17.1 Å². The van der Waals surface area contributed by atoms with Crippen molar-refractivity contribution in [2.24, 2.45) is 0 Å². The van der Waals surface area contributed by atoms with E-state index >= 15 is 0 Å². The third kappa shape index (κ3) is 4.40. The highest BCUT2D eigenvalue weighted by Gasteiger charge is 2.16. The molecule has 0 spiro atoms. The molecule has 3 heterocycles. The smallest absolute Gasteiger partial charge is 0.251 e. The molecule has 0 radical (unpaired) electrons. The van der Waals surface area contributed by atoms with E-state index in [-0.39, 0.29) is 24.4 Å². The summed E-state index contributed by atoms with van der Waals surface area (Å²) in [5.41, 5.74) is 3.40. The Morgan fingerprint density at radius 2 is 1.91 bits per heavy atom. The normalized spacial score (nSPS) is 11.3. The first-order chi connectivity index (χ1) is 16.5. The summed E-state index contributed by atoms with van der Waals surface area (Å²) in [6.07, 6.45) is 5.21. The van der Waals surface area contributed by atoms with Gasteiger partial charge in [0, 0.05) is 29.7 Å². The van der Waals surface area contributed by atoms with Crippen molar-refractivity contribution in [3.63, 3.8) is 0 Å². The number of ether oxygens (including phenoxy) is 1. The van der Waals surface area contributed by atoms with Gasteiger partial charge >= 0.3 is 0 Å². The number of carbonyl (C=O) groups excluding carboxylic acids is 1. The second-order valence-electron chi connectivity index (χ2n) is 8.00. The maximum Gasteiger partial charge on any atom is 0.251 e. The van der Waals surface area contributed by atoms with Gasteiger partial charge in [-0.25, -0.2) is 24.3 Å². The first-order valence-corrected chi connectivity index (χ1v) is 10.8. The summed E-state index contributed by atoms with van der Waals surface area (Å²) in [5.74, 6) is 0.316. The van der Waals surface area contributed by atoms with Gasteiger partial charge in [0.2, 0.25) is 11.7 Å². The van der Waals surface area contributed by atoms with Crippen LogP contribution in [0.25, 0.3) is 28.1 Å². The molecule has 5 rings (SSSR count). The van der Waals surface area contributed by atoms with Crippen molar-refractivity contribution in [2.75, 3.05) is 0 Å². The topological polar surface area (TPSA) is 94.3 Å². The molecular weight excluding hydrogens is 435 g/mol. The highest BCUT2D eigenvalue weighted by atomic mass is 19.1. The molecule has 0 fully saturated rings. The van der Waals surface area contributed by atoms with E-state index in [1.54, 1.807) is 40.9 Å². The molecule has 9 heteroatoms. The molecule has 0 aliphatic rings. The van der Waals surface area contributed by atoms with E-state index in [1.165, 1.54) is 12.1 Å². The molecule has 0 saturated heterocycles. The average Bonchev–Trinajstić information content (AvgIpc) is 3.25. The lowest BCUT2D eigenvalue weighted by molar-refractivity contribution is 0.0950. The highest BCUT2D eigenvalue weighted by Crippen LogP contribution is 2.30. The van der Waals surface area contributed by atoms with Gasteiger partial charge in [0.1, 0.15) is 11.5 Å². The molecule has 0 atom stereocenters. The van der Waals surface area contributed by atoms with Crippen LogP contribution in [0.5, 0.6) is 5.88 Å². The lowest BCUT2D eigenvalue weighted by Crippen LogP contribution is -2.23. The number of halogens is 1. The number of nitrogens with zero attached hydrogens (tertiary/aromatic N) is 5. The van der Waals surface area contributed by atoms with E-state index in [2.05, 4.69) is 20.3 Å². The Kier molecular flexibility index (Phi) is 5.59. The molecule has 8 nitrogen and oxygen atoms in total. The predicted octanol–water partition coefficient (Wildman–Crippen LogP) is 4.20. The van der Waals surface area contributed by atoms with Gasteiger partial charge in [0.25, 0.3) is 5.91 Å². The zero-order valence-electron chi connectivity index (χ0n) is 18.6. The third-order valence-electron chi connectivity index (χ3n) is 5.07. The van der Waals surface area contributed by atoms with Crippen molar-refractivity contribution >= 4 is 22.7 Å².